The number of hydrogen-bond acceptors (Lipinski definition) is 6. The first-order valence-corrected chi connectivity index (χ1v) is 12.9. The van der Waals surface area contributed by atoms with Crippen LogP contribution in [0.5, 0.6) is 0 Å². The lowest BCUT2D eigenvalue weighted by Crippen LogP contribution is -2.37. The molecule has 1 aliphatic heterocycles. The van der Waals surface area contributed by atoms with E-state index in [4.69, 9.17) is 4.74 Å². The van der Waals surface area contributed by atoms with Gasteiger partial charge in [0.05, 0.1) is 18.7 Å². The third-order valence-electron chi connectivity index (χ3n) is 7.16. The summed E-state index contributed by atoms with van der Waals surface area (Å²) in [5.74, 6) is 0.440. The molecule has 0 unspecified atom stereocenters. The SMILES string of the molecule is CC[C@@H](c1nnnn1Cc1ccc(F)cc1)N(Cc1cc2c(C)cc(C)cc2[nH]c1=O)C[C@@H]1CCCO1. The van der Waals surface area contributed by atoms with Gasteiger partial charge in [-0.3, -0.25) is 9.69 Å². The Bertz CT molecular complexity index is 1430. The number of ether oxygens (including phenoxy) is 1. The molecule has 37 heavy (non-hydrogen) atoms. The molecule has 2 atom stereocenters. The molecule has 2 aromatic heterocycles. The molecule has 0 aliphatic carbocycles. The standard InChI is InChI=1S/C28H33FN6O2/c1-4-26(27-31-32-33-35(27)15-20-7-9-22(29)10-8-20)34(17-23-6-5-11-37-23)16-21-14-24-19(3)12-18(2)13-25(24)30-28(21)36/h7-10,12-14,23,26H,4-6,11,15-17H2,1-3H3,(H,30,36)/t23-,26-/m0/s1. The van der Waals surface area contributed by atoms with Gasteiger partial charge < -0.3 is 9.72 Å². The monoisotopic (exact) mass is 504 g/mol. The van der Waals surface area contributed by atoms with Crippen LogP contribution in [0.1, 0.15) is 60.3 Å². The molecule has 0 amide bonds. The minimum absolute atomic E-state index is 0.0874. The highest BCUT2D eigenvalue weighted by Crippen LogP contribution is 2.28. The maximum Gasteiger partial charge on any atom is 0.252 e. The van der Waals surface area contributed by atoms with Crippen LogP contribution in [-0.4, -0.2) is 49.3 Å². The molecule has 3 heterocycles. The van der Waals surface area contributed by atoms with E-state index in [9.17, 15) is 9.18 Å². The zero-order valence-corrected chi connectivity index (χ0v) is 21.6. The Labute approximate surface area is 215 Å². The fourth-order valence-corrected chi connectivity index (χ4v) is 5.33. The van der Waals surface area contributed by atoms with Crippen LogP contribution in [0.3, 0.4) is 0 Å². The molecular weight excluding hydrogens is 471 g/mol. The van der Waals surface area contributed by atoms with E-state index in [0.717, 1.165) is 53.5 Å². The topological polar surface area (TPSA) is 88.9 Å². The van der Waals surface area contributed by atoms with Crippen LogP contribution in [0.15, 0.2) is 47.3 Å². The highest BCUT2D eigenvalue weighted by molar-refractivity contribution is 5.83. The predicted molar refractivity (Wildman–Crippen MR) is 140 cm³/mol. The van der Waals surface area contributed by atoms with Gasteiger partial charge in [-0.05, 0) is 84.5 Å². The molecule has 8 nitrogen and oxygen atoms in total. The fourth-order valence-electron chi connectivity index (χ4n) is 5.33. The smallest absolute Gasteiger partial charge is 0.252 e. The van der Waals surface area contributed by atoms with Crippen molar-refractivity contribution in [1.29, 1.82) is 0 Å². The Hall–Kier alpha value is -3.43. The highest BCUT2D eigenvalue weighted by Gasteiger charge is 2.29. The van der Waals surface area contributed by atoms with Gasteiger partial charge in [0, 0.05) is 36.2 Å². The average molecular weight is 505 g/mol. The van der Waals surface area contributed by atoms with E-state index in [1.807, 2.05) is 19.1 Å². The molecule has 1 aliphatic rings. The van der Waals surface area contributed by atoms with Crippen molar-refractivity contribution in [1.82, 2.24) is 30.1 Å². The van der Waals surface area contributed by atoms with Crippen molar-refractivity contribution in [3.63, 3.8) is 0 Å². The lowest BCUT2D eigenvalue weighted by atomic mass is 10.0. The zero-order valence-electron chi connectivity index (χ0n) is 21.6. The van der Waals surface area contributed by atoms with E-state index < -0.39 is 0 Å². The summed E-state index contributed by atoms with van der Waals surface area (Å²) < 4.78 is 21.2. The summed E-state index contributed by atoms with van der Waals surface area (Å²) in [7, 11) is 0. The number of nitrogens with zero attached hydrogens (tertiary/aromatic N) is 5. The first-order valence-electron chi connectivity index (χ1n) is 12.9. The van der Waals surface area contributed by atoms with E-state index in [1.54, 1.807) is 16.8 Å². The first kappa shape index (κ1) is 25.2. The van der Waals surface area contributed by atoms with E-state index >= 15 is 0 Å². The minimum atomic E-state index is -0.277. The molecule has 2 aromatic carbocycles. The third-order valence-corrected chi connectivity index (χ3v) is 7.16. The van der Waals surface area contributed by atoms with Crippen LogP contribution in [0, 0.1) is 19.7 Å². The van der Waals surface area contributed by atoms with Crippen molar-refractivity contribution in [3.8, 4) is 0 Å². The molecule has 1 saturated heterocycles. The van der Waals surface area contributed by atoms with E-state index in [0.29, 0.717) is 31.0 Å². The van der Waals surface area contributed by atoms with E-state index in [2.05, 4.69) is 45.3 Å². The second kappa shape index (κ2) is 10.9. The number of H-pyrrole nitrogens is 1. The normalized spacial score (nSPS) is 16.6. The molecule has 0 bridgehead atoms. The fraction of sp³-hybridized carbons (Fsp3) is 0.429. The molecule has 0 spiro atoms. The number of halogens is 1. The number of rotatable bonds is 9. The second-order valence-electron chi connectivity index (χ2n) is 9.98. The van der Waals surface area contributed by atoms with Crippen LogP contribution >= 0.6 is 0 Å². The molecule has 9 heteroatoms. The van der Waals surface area contributed by atoms with E-state index in [1.165, 1.54) is 12.1 Å². The number of aryl methyl sites for hydroxylation is 2. The van der Waals surface area contributed by atoms with Crippen molar-refractivity contribution < 1.29 is 9.13 Å². The Morgan fingerprint density at radius 2 is 2.03 bits per heavy atom. The molecule has 1 fully saturated rings. The van der Waals surface area contributed by atoms with Crippen molar-refractivity contribution >= 4 is 10.9 Å². The average Bonchev–Trinajstić information content (AvgIpc) is 3.54. The summed E-state index contributed by atoms with van der Waals surface area (Å²) >= 11 is 0. The molecular formula is C28H33FN6O2. The number of pyridine rings is 1. The summed E-state index contributed by atoms with van der Waals surface area (Å²) in [5, 5.41) is 13.6. The van der Waals surface area contributed by atoms with Crippen molar-refractivity contribution in [2.24, 2.45) is 0 Å². The Balaban J connectivity index is 1.49. The van der Waals surface area contributed by atoms with Gasteiger partial charge in [0.25, 0.3) is 5.56 Å². The number of fused-ring (bicyclic) bond motifs is 1. The summed E-state index contributed by atoms with van der Waals surface area (Å²) in [6.07, 6.45) is 2.87. The number of tetrazole rings is 1. The summed E-state index contributed by atoms with van der Waals surface area (Å²) in [4.78, 5) is 18.5. The van der Waals surface area contributed by atoms with Crippen LogP contribution < -0.4 is 5.56 Å². The quantitative estimate of drug-likeness (QED) is 0.362. The van der Waals surface area contributed by atoms with Gasteiger partial charge in [-0.15, -0.1) is 5.10 Å². The van der Waals surface area contributed by atoms with Crippen molar-refractivity contribution in [3.05, 3.63) is 86.7 Å². The Morgan fingerprint density at radius 1 is 1.22 bits per heavy atom. The molecule has 194 valence electrons. The predicted octanol–water partition coefficient (Wildman–Crippen LogP) is 4.45. The lowest BCUT2D eigenvalue weighted by Gasteiger charge is -2.32. The largest absolute Gasteiger partial charge is 0.377 e. The Morgan fingerprint density at radius 3 is 2.76 bits per heavy atom. The van der Waals surface area contributed by atoms with E-state index in [-0.39, 0.29) is 23.5 Å². The second-order valence-corrected chi connectivity index (χ2v) is 9.98. The number of aromatic nitrogens is 5. The van der Waals surface area contributed by atoms with Gasteiger partial charge in [-0.1, -0.05) is 25.1 Å². The maximum absolute atomic E-state index is 13.4. The first-order chi connectivity index (χ1) is 17.9. The van der Waals surface area contributed by atoms with Crippen molar-refractivity contribution in [2.75, 3.05) is 13.2 Å². The Kier molecular flexibility index (Phi) is 7.43. The molecule has 4 aromatic rings. The van der Waals surface area contributed by atoms with Gasteiger partial charge >= 0.3 is 0 Å². The van der Waals surface area contributed by atoms with Gasteiger partial charge in [0.15, 0.2) is 5.82 Å². The van der Waals surface area contributed by atoms with Gasteiger partial charge in [-0.25, -0.2) is 9.07 Å². The molecule has 0 saturated carbocycles. The van der Waals surface area contributed by atoms with Crippen molar-refractivity contribution in [2.45, 2.75) is 65.3 Å². The van der Waals surface area contributed by atoms with Gasteiger partial charge in [0.1, 0.15) is 5.82 Å². The van der Waals surface area contributed by atoms with Gasteiger partial charge in [0.2, 0.25) is 0 Å². The maximum atomic E-state index is 13.4. The highest BCUT2D eigenvalue weighted by atomic mass is 19.1. The zero-order chi connectivity index (χ0) is 25.9. The van der Waals surface area contributed by atoms with Crippen LogP contribution in [0.25, 0.3) is 10.9 Å². The van der Waals surface area contributed by atoms with Crippen LogP contribution in [0.2, 0.25) is 0 Å². The van der Waals surface area contributed by atoms with Crippen LogP contribution in [-0.2, 0) is 17.8 Å². The minimum Gasteiger partial charge on any atom is -0.377 e. The third kappa shape index (κ3) is 5.62. The number of aromatic amines is 1. The van der Waals surface area contributed by atoms with Gasteiger partial charge in [-0.2, -0.15) is 0 Å². The van der Waals surface area contributed by atoms with Crippen LogP contribution in [0.4, 0.5) is 4.39 Å². The lowest BCUT2D eigenvalue weighted by molar-refractivity contribution is 0.0489. The number of nitrogens with one attached hydrogen (secondary N) is 1. The number of benzene rings is 2. The summed E-state index contributed by atoms with van der Waals surface area (Å²) in [5.41, 5.74) is 4.63. The summed E-state index contributed by atoms with van der Waals surface area (Å²) in [6, 6.07) is 12.4. The number of hydrogen-bond donors (Lipinski definition) is 1. The molecule has 0 radical (unpaired) electrons. The summed E-state index contributed by atoms with van der Waals surface area (Å²) in [6.45, 7) is 8.51. The molecule has 5 rings (SSSR count). The molecule has 1 N–H and O–H groups in total.